The van der Waals surface area contributed by atoms with Gasteiger partial charge in [-0.25, -0.2) is 9.37 Å². The van der Waals surface area contributed by atoms with Gasteiger partial charge < -0.3 is 10.3 Å². The Morgan fingerprint density at radius 1 is 1.17 bits per heavy atom. The van der Waals surface area contributed by atoms with Gasteiger partial charge in [-0.3, -0.25) is 25.3 Å². The maximum Gasteiger partial charge on any atom is 0.259 e. The molecule has 0 spiro atoms. The maximum atomic E-state index is 14.6. The molecule has 0 radical (unpaired) electrons. The third-order valence-electron chi connectivity index (χ3n) is 5.81. The van der Waals surface area contributed by atoms with Crippen molar-refractivity contribution < 1.29 is 9.18 Å². The summed E-state index contributed by atoms with van der Waals surface area (Å²) in [7, 11) is 0. The summed E-state index contributed by atoms with van der Waals surface area (Å²) < 4.78 is 14.6. The number of H-pyrrole nitrogens is 1. The van der Waals surface area contributed by atoms with Crippen LogP contribution in [0.15, 0.2) is 65.5 Å². The van der Waals surface area contributed by atoms with Crippen LogP contribution in [0, 0.1) is 23.6 Å². The molecule has 4 N–H and O–H groups in total. The van der Waals surface area contributed by atoms with Crippen LogP contribution in [0.2, 0.25) is 5.02 Å². The lowest BCUT2D eigenvalue weighted by molar-refractivity contribution is 0.0952. The number of aromatic nitrogens is 2. The van der Waals surface area contributed by atoms with Crippen LogP contribution >= 0.6 is 11.6 Å². The minimum Gasteiger partial charge on any atom is -0.351 e. The molecule has 1 aromatic heterocycles. The number of benzene rings is 3. The van der Waals surface area contributed by atoms with Gasteiger partial charge in [0.1, 0.15) is 17.2 Å². The van der Waals surface area contributed by atoms with E-state index in [4.69, 9.17) is 22.4 Å². The molecule has 3 aromatic carbocycles. The maximum absolute atomic E-state index is 14.6. The summed E-state index contributed by atoms with van der Waals surface area (Å²) in [5.41, 5.74) is 1.55. The fraction of sp³-hybridized carbons (Fsp3) is 0.115. The fourth-order valence-corrected chi connectivity index (χ4v) is 4.20. The number of aryl methyl sites for hydroxylation is 1. The number of aromatic amines is 1. The highest BCUT2D eigenvalue weighted by Crippen LogP contribution is 2.25. The zero-order valence-corrected chi connectivity index (χ0v) is 19.9. The van der Waals surface area contributed by atoms with E-state index >= 15 is 0 Å². The van der Waals surface area contributed by atoms with E-state index in [1.807, 2.05) is 30.3 Å². The first-order chi connectivity index (χ1) is 17.3. The van der Waals surface area contributed by atoms with Gasteiger partial charge in [0.05, 0.1) is 34.6 Å². The Morgan fingerprint density at radius 2 is 1.89 bits per heavy atom. The van der Waals surface area contributed by atoms with Gasteiger partial charge in [0.2, 0.25) is 0 Å². The second-order valence-corrected chi connectivity index (χ2v) is 8.45. The van der Waals surface area contributed by atoms with Crippen LogP contribution in [0.4, 0.5) is 10.1 Å². The molecule has 8 nitrogen and oxygen atoms in total. The summed E-state index contributed by atoms with van der Waals surface area (Å²) in [6.07, 6.45) is 1.90. The Labute approximate surface area is 210 Å². The number of anilines is 1. The van der Waals surface area contributed by atoms with Crippen molar-refractivity contribution in [2.24, 2.45) is 0 Å². The van der Waals surface area contributed by atoms with Crippen LogP contribution in [-0.4, -0.2) is 35.1 Å². The highest BCUT2D eigenvalue weighted by molar-refractivity contribution is 6.34. The first-order valence-corrected chi connectivity index (χ1v) is 11.3. The molecule has 36 heavy (non-hydrogen) atoms. The standard InChI is InChI=1S/C26H22ClFN6O2/c1-15-7-10-21(28)23-22(15)26(36)33-24(32-23)19(16-5-3-2-4-6-16)12-31-25(35)18-9-8-17(11-20(18)27)34(13-29)14-30/h2-11,13-14,19,29-30H,12H2,1H3,(H,31,35)(H,32,33,36). The smallest absolute Gasteiger partial charge is 0.259 e. The molecule has 0 bridgehead atoms. The van der Waals surface area contributed by atoms with Crippen LogP contribution in [0.3, 0.4) is 0 Å². The van der Waals surface area contributed by atoms with Crippen molar-refractivity contribution >= 4 is 46.8 Å². The van der Waals surface area contributed by atoms with Gasteiger partial charge in [0.15, 0.2) is 0 Å². The highest BCUT2D eigenvalue weighted by atomic mass is 35.5. The molecule has 1 heterocycles. The van der Waals surface area contributed by atoms with Crippen LogP contribution in [-0.2, 0) is 0 Å². The van der Waals surface area contributed by atoms with Crippen LogP contribution < -0.4 is 15.8 Å². The summed E-state index contributed by atoms with van der Waals surface area (Å²) in [5.74, 6) is -1.42. The monoisotopic (exact) mass is 504 g/mol. The second-order valence-electron chi connectivity index (χ2n) is 8.04. The van der Waals surface area contributed by atoms with Crippen molar-refractivity contribution in [3.05, 3.63) is 104 Å². The molecule has 0 aliphatic carbocycles. The quantitative estimate of drug-likeness (QED) is 0.206. The zero-order valence-electron chi connectivity index (χ0n) is 19.2. The van der Waals surface area contributed by atoms with Gasteiger partial charge in [0, 0.05) is 12.2 Å². The van der Waals surface area contributed by atoms with Gasteiger partial charge in [-0.05, 0) is 42.3 Å². The number of carbonyl (C=O) groups is 1. The number of nitrogens with one attached hydrogen (secondary N) is 4. The molecule has 10 heteroatoms. The van der Waals surface area contributed by atoms with E-state index in [0.29, 0.717) is 11.3 Å². The number of carbonyl (C=O) groups excluding carboxylic acids is 1. The van der Waals surface area contributed by atoms with Gasteiger partial charge >= 0.3 is 0 Å². The lowest BCUT2D eigenvalue weighted by Gasteiger charge is -2.19. The van der Waals surface area contributed by atoms with Gasteiger partial charge in [-0.1, -0.05) is 48.0 Å². The van der Waals surface area contributed by atoms with Crippen molar-refractivity contribution in [2.45, 2.75) is 12.8 Å². The topological polar surface area (TPSA) is 126 Å². The SMILES string of the molecule is Cc1ccc(F)c2nc(C(CNC(=O)c3ccc(N(C=N)C=N)cc3Cl)c3ccccc3)[nH]c(=O)c12. The normalized spacial score (nSPS) is 11.6. The summed E-state index contributed by atoms with van der Waals surface area (Å²) in [4.78, 5) is 34.3. The largest absolute Gasteiger partial charge is 0.351 e. The van der Waals surface area contributed by atoms with Crippen molar-refractivity contribution in [1.82, 2.24) is 15.3 Å². The summed E-state index contributed by atoms with van der Waals surface area (Å²) >= 11 is 6.31. The predicted octanol–water partition coefficient (Wildman–Crippen LogP) is 4.61. The van der Waals surface area contributed by atoms with Crippen molar-refractivity contribution in [3.8, 4) is 0 Å². The predicted molar refractivity (Wildman–Crippen MR) is 139 cm³/mol. The van der Waals surface area contributed by atoms with E-state index in [1.165, 1.54) is 29.2 Å². The van der Waals surface area contributed by atoms with Crippen molar-refractivity contribution in [3.63, 3.8) is 0 Å². The Bertz CT molecular complexity index is 1510. The summed E-state index contributed by atoms with van der Waals surface area (Å²) in [5, 5.41) is 17.8. The van der Waals surface area contributed by atoms with Gasteiger partial charge in [-0.15, -0.1) is 0 Å². The lowest BCUT2D eigenvalue weighted by atomic mass is 9.97. The van der Waals surface area contributed by atoms with E-state index in [0.717, 1.165) is 18.2 Å². The number of halogens is 2. The first kappa shape index (κ1) is 24.7. The molecule has 182 valence electrons. The molecule has 1 unspecified atom stereocenters. The second kappa shape index (κ2) is 10.5. The molecule has 0 fully saturated rings. The van der Waals surface area contributed by atoms with E-state index in [2.05, 4.69) is 15.3 Å². The van der Waals surface area contributed by atoms with E-state index in [1.54, 1.807) is 13.0 Å². The molecule has 0 saturated heterocycles. The van der Waals surface area contributed by atoms with Crippen molar-refractivity contribution in [1.29, 1.82) is 10.8 Å². The number of hydrogen-bond acceptors (Lipinski definition) is 5. The zero-order chi connectivity index (χ0) is 25.8. The summed E-state index contributed by atoms with van der Waals surface area (Å²) in [6, 6.07) is 16.5. The molecule has 4 rings (SSSR count). The number of fused-ring (bicyclic) bond motifs is 1. The average molecular weight is 505 g/mol. The molecule has 0 aliphatic rings. The van der Waals surface area contributed by atoms with Crippen LogP contribution in [0.5, 0.6) is 0 Å². The summed E-state index contributed by atoms with van der Waals surface area (Å²) in [6.45, 7) is 1.77. The Morgan fingerprint density at radius 3 is 2.56 bits per heavy atom. The van der Waals surface area contributed by atoms with Gasteiger partial charge in [0.25, 0.3) is 11.5 Å². The minimum atomic E-state index is -0.602. The Kier molecular flexibility index (Phi) is 7.21. The number of nitrogens with zero attached hydrogens (tertiary/aromatic N) is 2. The molecule has 1 amide bonds. The molecule has 1 atom stereocenters. The molecular weight excluding hydrogens is 483 g/mol. The average Bonchev–Trinajstić information content (AvgIpc) is 2.87. The first-order valence-electron chi connectivity index (χ1n) is 10.9. The number of hydrogen-bond donors (Lipinski definition) is 4. The number of rotatable bonds is 8. The molecule has 0 aliphatic heterocycles. The Hall–Kier alpha value is -4.37. The van der Waals surface area contributed by atoms with Crippen molar-refractivity contribution in [2.75, 3.05) is 11.4 Å². The lowest BCUT2D eigenvalue weighted by Crippen LogP contribution is -2.31. The Balaban J connectivity index is 1.67. The molecule has 4 aromatic rings. The minimum absolute atomic E-state index is 0.0263. The molecular formula is C26H22ClFN6O2. The van der Waals surface area contributed by atoms with E-state index in [9.17, 15) is 14.0 Å². The van der Waals surface area contributed by atoms with E-state index in [-0.39, 0.29) is 33.9 Å². The third kappa shape index (κ3) is 4.87. The van der Waals surface area contributed by atoms with Crippen LogP contribution in [0.1, 0.15) is 33.2 Å². The van der Waals surface area contributed by atoms with E-state index < -0.39 is 23.2 Å². The molecule has 0 saturated carbocycles. The fourth-order valence-electron chi connectivity index (χ4n) is 3.94. The van der Waals surface area contributed by atoms with Crippen LogP contribution in [0.25, 0.3) is 10.9 Å². The number of amides is 1. The highest BCUT2D eigenvalue weighted by Gasteiger charge is 2.22. The third-order valence-corrected chi connectivity index (χ3v) is 6.12. The van der Waals surface area contributed by atoms with Gasteiger partial charge in [-0.2, -0.15) is 0 Å².